The van der Waals surface area contributed by atoms with Crippen molar-refractivity contribution in [2.75, 3.05) is 14.2 Å². The van der Waals surface area contributed by atoms with Gasteiger partial charge in [-0.05, 0) is 37.6 Å². The molecule has 0 atom stereocenters. The second-order valence-corrected chi connectivity index (χ2v) is 6.36. The number of ether oxygens (including phenoxy) is 3. The van der Waals surface area contributed by atoms with E-state index in [1.165, 1.54) is 0 Å². The predicted octanol–water partition coefficient (Wildman–Crippen LogP) is 4.27. The third-order valence-electron chi connectivity index (χ3n) is 4.14. The van der Waals surface area contributed by atoms with Gasteiger partial charge in [-0.2, -0.15) is 0 Å². The van der Waals surface area contributed by atoms with Crippen LogP contribution in [0.25, 0.3) is 10.9 Å². The molecule has 0 aliphatic carbocycles. The van der Waals surface area contributed by atoms with Crippen LogP contribution in [-0.2, 0) is 11.3 Å². The van der Waals surface area contributed by atoms with Gasteiger partial charge in [0, 0.05) is 30.3 Å². The molecule has 0 amide bonds. The molecular formula is C21H23NO4. The Morgan fingerprint density at radius 3 is 2.58 bits per heavy atom. The molecule has 3 aromatic rings. The van der Waals surface area contributed by atoms with Gasteiger partial charge < -0.3 is 18.8 Å². The molecule has 0 aliphatic heterocycles. The van der Waals surface area contributed by atoms with Crippen LogP contribution in [0.4, 0.5) is 0 Å². The molecule has 0 unspecified atom stereocenters. The summed E-state index contributed by atoms with van der Waals surface area (Å²) in [4.78, 5) is 12.1. The lowest BCUT2D eigenvalue weighted by atomic mass is 10.1. The van der Waals surface area contributed by atoms with E-state index >= 15 is 0 Å². The van der Waals surface area contributed by atoms with Gasteiger partial charge in [0.15, 0.2) is 0 Å². The smallest absolute Gasteiger partial charge is 0.338 e. The van der Waals surface area contributed by atoms with Crippen LogP contribution >= 0.6 is 0 Å². The topological polar surface area (TPSA) is 49.7 Å². The Kier molecular flexibility index (Phi) is 5.16. The number of carbonyl (C=O) groups excluding carboxylic acids is 1. The van der Waals surface area contributed by atoms with Crippen LogP contribution in [0.15, 0.2) is 48.7 Å². The highest BCUT2D eigenvalue weighted by Gasteiger charge is 2.12. The van der Waals surface area contributed by atoms with Crippen LogP contribution in [0.2, 0.25) is 0 Å². The van der Waals surface area contributed by atoms with Crippen molar-refractivity contribution in [3.8, 4) is 11.5 Å². The molecule has 0 saturated carbocycles. The minimum atomic E-state index is -0.303. The van der Waals surface area contributed by atoms with Crippen molar-refractivity contribution in [2.45, 2.75) is 26.5 Å². The maximum Gasteiger partial charge on any atom is 0.338 e. The Balaban J connectivity index is 1.93. The number of hydrogen-bond donors (Lipinski definition) is 0. The third kappa shape index (κ3) is 3.67. The van der Waals surface area contributed by atoms with E-state index in [0.29, 0.717) is 12.1 Å². The zero-order valence-corrected chi connectivity index (χ0v) is 15.5. The van der Waals surface area contributed by atoms with E-state index in [-0.39, 0.29) is 12.1 Å². The van der Waals surface area contributed by atoms with E-state index < -0.39 is 0 Å². The summed E-state index contributed by atoms with van der Waals surface area (Å²) in [6, 6.07) is 13.4. The summed E-state index contributed by atoms with van der Waals surface area (Å²) in [5.74, 6) is 1.21. The van der Waals surface area contributed by atoms with Gasteiger partial charge in [0.1, 0.15) is 11.5 Å². The van der Waals surface area contributed by atoms with Crippen molar-refractivity contribution in [1.29, 1.82) is 0 Å². The van der Waals surface area contributed by atoms with Gasteiger partial charge in [0.25, 0.3) is 0 Å². The lowest BCUT2D eigenvalue weighted by Crippen LogP contribution is -2.12. The molecule has 5 nitrogen and oxygen atoms in total. The van der Waals surface area contributed by atoms with Crippen LogP contribution in [-0.4, -0.2) is 30.9 Å². The molecule has 0 saturated heterocycles. The number of benzene rings is 2. The fourth-order valence-electron chi connectivity index (χ4n) is 2.94. The van der Waals surface area contributed by atoms with Gasteiger partial charge in [-0.1, -0.05) is 12.1 Å². The van der Waals surface area contributed by atoms with E-state index in [2.05, 4.69) is 4.57 Å². The zero-order valence-electron chi connectivity index (χ0n) is 15.5. The second-order valence-electron chi connectivity index (χ2n) is 6.36. The number of aromatic nitrogens is 1. The molecule has 1 heterocycles. The van der Waals surface area contributed by atoms with E-state index in [4.69, 9.17) is 14.2 Å². The number of esters is 1. The van der Waals surface area contributed by atoms with Crippen molar-refractivity contribution in [1.82, 2.24) is 4.57 Å². The minimum absolute atomic E-state index is 0.139. The normalized spacial score (nSPS) is 11.0. The molecule has 0 bridgehead atoms. The van der Waals surface area contributed by atoms with Crippen LogP contribution in [0.3, 0.4) is 0 Å². The quantitative estimate of drug-likeness (QED) is 0.621. The second kappa shape index (κ2) is 7.52. The number of carbonyl (C=O) groups is 1. The van der Waals surface area contributed by atoms with Crippen molar-refractivity contribution < 1.29 is 19.0 Å². The Morgan fingerprint density at radius 1 is 1.08 bits per heavy atom. The molecule has 5 heteroatoms. The van der Waals surface area contributed by atoms with Crippen molar-refractivity contribution in [2.24, 2.45) is 0 Å². The number of hydrogen-bond acceptors (Lipinski definition) is 4. The molecule has 0 N–H and O–H groups in total. The Labute approximate surface area is 153 Å². The Hall–Kier alpha value is -2.95. The van der Waals surface area contributed by atoms with E-state index in [1.807, 2.05) is 56.4 Å². The van der Waals surface area contributed by atoms with Crippen LogP contribution in [0, 0.1) is 0 Å². The van der Waals surface area contributed by atoms with Gasteiger partial charge in [0.05, 0.1) is 31.4 Å². The molecule has 0 spiro atoms. The fraction of sp³-hybridized carbons (Fsp3) is 0.286. The monoisotopic (exact) mass is 353 g/mol. The third-order valence-corrected chi connectivity index (χ3v) is 4.14. The maximum atomic E-state index is 12.1. The molecule has 0 aliphatic rings. The molecule has 0 radical (unpaired) electrons. The first-order chi connectivity index (χ1) is 12.5. The Morgan fingerprint density at radius 2 is 1.88 bits per heavy atom. The molecule has 136 valence electrons. The highest BCUT2D eigenvalue weighted by Crippen LogP contribution is 2.32. The minimum Gasteiger partial charge on any atom is -0.497 e. The summed E-state index contributed by atoms with van der Waals surface area (Å²) in [7, 11) is 3.28. The number of rotatable bonds is 6. The summed E-state index contributed by atoms with van der Waals surface area (Å²) < 4.78 is 18.2. The molecule has 2 aromatic carbocycles. The van der Waals surface area contributed by atoms with E-state index in [0.717, 1.165) is 28.0 Å². The summed E-state index contributed by atoms with van der Waals surface area (Å²) >= 11 is 0. The van der Waals surface area contributed by atoms with E-state index in [9.17, 15) is 4.79 Å². The maximum absolute atomic E-state index is 12.1. The molecular weight excluding hydrogens is 330 g/mol. The first-order valence-electron chi connectivity index (χ1n) is 8.52. The van der Waals surface area contributed by atoms with Crippen molar-refractivity contribution >= 4 is 16.9 Å². The largest absolute Gasteiger partial charge is 0.497 e. The van der Waals surface area contributed by atoms with Gasteiger partial charge in [-0.25, -0.2) is 4.79 Å². The highest BCUT2D eigenvalue weighted by molar-refractivity contribution is 5.90. The molecule has 26 heavy (non-hydrogen) atoms. The highest BCUT2D eigenvalue weighted by atomic mass is 16.5. The SMILES string of the molecule is COc1cc(OC)c2ccn(Cc3cccc(C(=O)OC(C)C)c3)c2c1. The van der Waals surface area contributed by atoms with Gasteiger partial charge in [-0.15, -0.1) is 0 Å². The van der Waals surface area contributed by atoms with E-state index in [1.54, 1.807) is 20.3 Å². The van der Waals surface area contributed by atoms with Crippen LogP contribution < -0.4 is 9.47 Å². The average molecular weight is 353 g/mol. The lowest BCUT2D eigenvalue weighted by molar-refractivity contribution is 0.0378. The lowest BCUT2D eigenvalue weighted by Gasteiger charge is -2.11. The number of nitrogens with zero attached hydrogens (tertiary/aromatic N) is 1. The molecule has 3 rings (SSSR count). The number of methoxy groups -OCH3 is 2. The number of fused-ring (bicyclic) bond motifs is 1. The first-order valence-corrected chi connectivity index (χ1v) is 8.52. The summed E-state index contributed by atoms with van der Waals surface area (Å²) in [5.41, 5.74) is 2.58. The van der Waals surface area contributed by atoms with Crippen LogP contribution in [0.5, 0.6) is 11.5 Å². The zero-order chi connectivity index (χ0) is 18.7. The fourth-order valence-corrected chi connectivity index (χ4v) is 2.94. The summed E-state index contributed by atoms with van der Waals surface area (Å²) in [6.07, 6.45) is 1.87. The van der Waals surface area contributed by atoms with Crippen molar-refractivity contribution in [3.05, 3.63) is 59.8 Å². The summed E-state index contributed by atoms with van der Waals surface area (Å²) in [6.45, 7) is 4.31. The molecule has 1 aromatic heterocycles. The van der Waals surface area contributed by atoms with Gasteiger partial charge in [-0.3, -0.25) is 0 Å². The first kappa shape index (κ1) is 17.9. The van der Waals surface area contributed by atoms with Crippen molar-refractivity contribution in [3.63, 3.8) is 0 Å². The van der Waals surface area contributed by atoms with Gasteiger partial charge >= 0.3 is 5.97 Å². The van der Waals surface area contributed by atoms with Gasteiger partial charge in [0.2, 0.25) is 0 Å². The summed E-state index contributed by atoms with van der Waals surface area (Å²) in [5, 5.41) is 1.02. The predicted molar refractivity (Wildman–Crippen MR) is 101 cm³/mol. The van der Waals surface area contributed by atoms with Crippen LogP contribution in [0.1, 0.15) is 29.8 Å². The molecule has 0 fully saturated rings. The standard InChI is InChI=1S/C21H23NO4/c1-14(2)26-21(23)16-7-5-6-15(10-16)13-22-9-8-18-19(22)11-17(24-3)12-20(18)25-4/h5-12,14H,13H2,1-4H3. The average Bonchev–Trinajstić information content (AvgIpc) is 3.03. The Bertz CT molecular complexity index is 927.